The quantitative estimate of drug-likeness (QED) is 0.549. The molecule has 0 aromatic carbocycles. The number of hydrogen-bond donors (Lipinski definition) is 1. The van der Waals surface area contributed by atoms with Crippen LogP contribution in [0.2, 0.25) is 0 Å². The second kappa shape index (κ2) is 9.58. The molecule has 9 atom stereocenters. The largest absolute Gasteiger partial charge is 0.387 e. The van der Waals surface area contributed by atoms with Gasteiger partial charge in [-0.3, -0.25) is 4.68 Å². The lowest BCUT2D eigenvalue weighted by atomic mass is 9.48. The van der Waals surface area contributed by atoms with Gasteiger partial charge in [-0.25, -0.2) is 0 Å². The van der Waals surface area contributed by atoms with Crippen molar-refractivity contribution in [1.82, 2.24) is 9.78 Å². The van der Waals surface area contributed by atoms with Crippen LogP contribution in [0.3, 0.4) is 0 Å². The van der Waals surface area contributed by atoms with Crippen LogP contribution in [-0.2, 0) is 11.3 Å². The Labute approximate surface area is 206 Å². The fourth-order valence-corrected chi connectivity index (χ4v) is 9.50. The van der Waals surface area contributed by atoms with E-state index in [-0.39, 0.29) is 0 Å². The van der Waals surface area contributed by atoms with Gasteiger partial charge in [0.15, 0.2) is 5.69 Å². The minimum absolute atomic E-state index is 0.449. The maximum atomic E-state index is 11.1. The van der Waals surface area contributed by atoms with Gasteiger partial charge < -0.3 is 9.84 Å². The van der Waals surface area contributed by atoms with Crippen molar-refractivity contribution >= 4 is 0 Å². The van der Waals surface area contributed by atoms with Crippen LogP contribution in [-0.4, -0.2) is 33.7 Å². The van der Waals surface area contributed by atoms with Crippen LogP contribution in [0, 0.1) is 58.2 Å². The summed E-state index contributed by atoms with van der Waals surface area (Å²) in [5.41, 5.74) is 0.394. The van der Waals surface area contributed by atoms with Gasteiger partial charge in [0.1, 0.15) is 6.07 Å². The number of nitriles is 1. The Morgan fingerprint density at radius 1 is 1.15 bits per heavy atom. The summed E-state index contributed by atoms with van der Waals surface area (Å²) in [4.78, 5) is 0. The van der Waals surface area contributed by atoms with Crippen molar-refractivity contribution in [3.63, 3.8) is 0 Å². The van der Waals surface area contributed by atoms with Gasteiger partial charge in [-0.05, 0) is 118 Å². The van der Waals surface area contributed by atoms with E-state index in [1.165, 1.54) is 51.4 Å². The maximum absolute atomic E-state index is 11.1. The molecule has 0 saturated heterocycles. The van der Waals surface area contributed by atoms with Gasteiger partial charge in [-0.15, -0.1) is 0 Å². The standard InChI is InChI=1S/C29H45N3O2/c1-4-20(18-32-15-12-22(17-30)31-32)26-8-9-27-25-7-6-21-16-29(33,19-34-5-2)14-11-23(21)24(25)10-13-28(26,27)3/h12,15,20-21,23-27,33H,4-11,13-14,16,18-19H2,1-3H3/t20-,21+,23-,24+,25+,26+,27-,28+,29+/m0/s1. The number of fused-ring (bicyclic) bond motifs is 5. The SMILES string of the molecule is CCOC[C@@]1(O)CC[C@H]2[C@H](CC[C@@H]3[C@@H]2CC[C@]2(C)[C@@H]([C@@H](CC)Cn4ccc(C#N)n4)CC[C@@H]32)C1. The van der Waals surface area contributed by atoms with Gasteiger partial charge in [0.05, 0.1) is 12.2 Å². The first kappa shape index (κ1) is 24.3. The van der Waals surface area contributed by atoms with Gasteiger partial charge in [0, 0.05) is 19.3 Å². The highest BCUT2D eigenvalue weighted by atomic mass is 16.5. The van der Waals surface area contributed by atoms with E-state index in [2.05, 4.69) is 25.0 Å². The second-order valence-electron chi connectivity index (χ2n) is 12.5. The molecule has 34 heavy (non-hydrogen) atoms. The lowest BCUT2D eigenvalue weighted by molar-refractivity contribution is -0.130. The highest BCUT2D eigenvalue weighted by Gasteiger charge is 2.58. The van der Waals surface area contributed by atoms with Crippen LogP contribution in [0.5, 0.6) is 0 Å². The van der Waals surface area contributed by atoms with E-state index in [1.807, 2.05) is 23.9 Å². The average molecular weight is 468 g/mol. The van der Waals surface area contributed by atoms with Crippen molar-refractivity contribution in [2.75, 3.05) is 13.2 Å². The normalized spacial score (nSPS) is 42.3. The van der Waals surface area contributed by atoms with E-state index in [4.69, 9.17) is 10.00 Å². The van der Waals surface area contributed by atoms with Crippen molar-refractivity contribution in [3.8, 4) is 6.07 Å². The molecule has 4 saturated carbocycles. The van der Waals surface area contributed by atoms with Crippen LogP contribution in [0.4, 0.5) is 0 Å². The second-order valence-corrected chi connectivity index (χ2v) is 12.5. The van der Waals surface area contributed by atoms with Crippen LogP contribution >= 0.6 is 0 Å². The Balaban J connectivity index is 1.27. The molecule has 5 rings (SSSR count). The molecule has 1 aromatic heterocycles. The summed E-state index contributed by atoms with van der Waals surface area (Å²) in [5.74, 6) is 5.53. The van der Waals surface area contributed by atoms with Crippen LogP contribution in [0.25, 0.3) is 0 Å². The van der Waals surface area contributed by atoms with E-state index in [1.54, 1.807) is 0 Å². The molecule has 5 heteroatoms. The summed E-state index contributed by atoms with van der Waals surface area (Å²) in [5, 5.41) is 24.8. The van der Waals surface area contributed by atoms with Gasteiger partial charge >= 0.3 is 0 Å². The summed E-state index contributed by atoms with van der Waals surface area (Å²) in [6, 6.07) is 4.02. The van der Waals surface area contributed by atoms with Crippen molar-refractivity contribution in [2.45, 2.75) is 97.1 Å². The molecule has 0 unspecified atom stereocenters. The monoisotopic (exact) mass is 467 g/mol. The number of aromatic nitrogens is 2. The molecular formula is C29H45N3O2. The molecule has 1 aromatic rings. The van der Waals surface area contributed by atoms with E-state index >= 15 is 0 Å². The number of ether oxygens (including phenoxy) is 1. The smallest absolute Gasteiger partial charge is 0.162 e. The van der Waals surface area contributed by atoms with E-state index in [9.17, 15) is 5.11 Å². The third-order valence-corrected chi connectivity index (χ3v) is 11.0. The Morgan fingerprint density at radius 3 is 2.71 bits per heavy atom. The molecule has 0 spiro atoms. The first-order valence-corrected chi connectivity index (χ1v) is 14.1. The summed E-state index contributed by atoms with van der Waals surface area (Å²) in [6.45, 7) is 9.16. The van der Waals surface area contributed by atoms with Gasteiger partial charge in [0.25, 0.3) is 0 Å². The predicted octanol–water partition coefficient (Wildman–Crippen LogP) is 5.82. The van der Waals surface area contributed by atoms with Crippen molar-refractivity contribution < 1.29 is 9.84 Å². The minimum atomic E-state index is -0.585. The van der Waals surface area contributed by atoms with Gasteiger partial charge in [-0.2, -0.15) is 10.4 Å². The maximum Gasteiger partial charge on any atom is 0.162 e. The van der Waals surface area contributed by atoms with Crippen molar-refractivity contribution in [3.05, 3.63) is 18.0 Å². The lowest BCUT2D eigenvalue weighted by Gasteiger charge is -2.57. The Bertz CT molecular complexity index is 892. The lowest BCUT2D eigenvalue weighted by Crippen LogP contribution is -2.52. The van der Waals surface area contributed by atoms with Crippen molar-refractivity contribution in [1.29, 1.82) is 5.26 Å². The summed E-state index contributed by atoms with van der Waals surface area (Å²) in [7, 11) is 0. The van der Waals surface area contributed by atoms with Crippen LogP contribution in [0.15, 0.2) is 12.3 Å². The molecule has 4 aliphatic rings. The molecule has 0 amide bonds. The number of aliphatic hydroxyl groups is 1. The topological polar surface area (TPSA) is 71.1 Å². The Hall–Kier alpha value is -1.38. The zero-order valence-electron chi connectivity index (χ0n) is 21.6. The zero-order chi connectivity index (χ0) is 23.9. The highest BCUT2D eigenvalue weighted by molar-refractivity contribution is 5.16. The summed E-state index contributed by atoms with van der Waals surface area (Å²) < 4.78 is 7.67. The molecule has 4 fully saturated rings. The molecule has 1 N–H and O–H groups in total. The van der Waals surface area contributed by atoms with Crippen molar-refractivity contribution in [2.24, 2.45) is 46.8 Å². The van der Waals surface area contributed by atoms with E-state index in [0.717, 1.165) is 49.0 Å². The predicted molar refractivity (Wildman–Crippen MR) is 133 cm³/mol. The molecule has 4 aliphatic carbocycles. The molecule has 1 heterocycles. The third-order valence-electron chi connectivity index (χ3n) is 11.0. The molecular weight excluding hydrogens is 422 g/mol. The molecule has 188 valence electrons. The fraction of sp³-hybridized carbons (Fsp3) is 0.862. The van der Waals surface area contributed by atoms with Gasteiger partial charge in [-0.1, -0.05) is 20.3 Å². The number of nitrogens with zero attached hydrogens (tertiary/aromatic N) is 3. The first-order valence-electron chi connectivity index (χ1n) is 14.1. The zero-order valence-corrected chi connectivity index (χ0v) is 21.6. The van der Waals surface area contributed by atoms with E-state index in [0.29, 0.717) is 36.2 Å². The average Bonchev–Trinajstić information content (AvgIpc) is 3.44. The third kappa shape index (κ3) is 4.24. The molecule has 5 nitrogen and oxygen atoms in total. The summed E-state index contributed by atoms with van der Waals surface area (Å²) in [6.07, 6.45) is 14.4. The molecule has 0 radical (unpaired) electrons. The fourth-order valence-electron chi connectivity index (χ4n) is 9.50. The summed E-state index contributed by atoms with van der Waals surface area (Å²) >= 11 is 0. The first-order chi connectivity index (χ1) is 16.4. The molecule has 0 bridgehead atoms. The Kier molecular flexibility index (Phi) is 6.85. The number of rotatable bonds is 7. The Morgan fingerprint density at radius 2 is 1.97 bits per heavy atom. The van der Waals surface area contributed by atoms with Crippen LogP contribution < -0.4 is 0 Å². The number of hydrogen-bond acceptors (Lipinski definition) is 4. The van der Waals surface area contributed by atoms with E-state index < -0.39 is 5.60 Å². The van der Waals surface area contributed by atoms with Gasteiger partial charge in [0.2, 0.25) is 0 Å². The molecule has 0 aliphatic heterocycles. The minimum Gasteiger partial charge on any atom is -0.387 e. The van der Waals surface area contributed by atoms with Crippen LogP contribution in [0.1, 0.15) is 90.7 Å². The highest BCUT2D eigenvalue weighted by Crippen LogP contribution is 2.66.